The number of Topliss-reactive ketones (excluding diaryl/α,β-unsaturated/α-hetero) is 1. The molecule has 2 aromatic carbocycles. The minimum Gasteiger partial charge on any atom is -0.444 e. The lowest BCUT2D eigenvalue weighted by molar-refractivity contribution is 0.101. The summed E-state index contributed by atoms with van der Waals surface area (Å²) in [6.07, 6.45) is 3.15. The van der Waals surface area contributed by atoms with E-state index in [0.29, 0.717) is 24.2 Å². The average Bonchev–Trinajstić information content (AvgIpc) is 3.55. The third-order valence-corrected chi connectivity index (χ3v) is 6.32. The molecule has 2 aliphatic rings. The van der Waals surface area contributed by atoms with Crippen molar-refractivity contribution in [3.05, 3.63) is 63.9 Å². The summed E-state index contributed by atoms with van der Waals surface area (Å²) in [5.41, 5.74) is 0.295. The van der Waals surface area contributed by atoms with Gasteiger partial charge in [0, 0.05) is 28.8 Å². The summed E-state index contributed by atoms with van der Waals surface area (Å²) in [4.78, 5) is 38.2. The SMILES string of the molecule is CCC1CN(c2ccc(-c3cc4c(cc3F)c(=O)c(C(C)=O)cn4C3CC3)c(F)c2)C(=O)O1. The Morgan fingerprint density at radius 1 is 1.09 bits per heavy atom. The van der Waals surface area contributed by atoms with Crippen LogP contribution in [0.15, 0.2) is 41.3 Å². The van der Waals surface area contributed by atoms with Gasteiger partial charge in [0.25, 0.3) is 0 Å². The predicted molar refractivity (Wildman–Crippen MR) is 120 cm³/mol. The zero-order valence-electron chi connectivity index (χ0n) is 18.2. The van der Waals surface area contributed by atoms with Crippen LogP contribution in [0.25, 0.3) is 22.0 Å². The molecule has 0 spiro atoms. The van der Waals surface area contributed by atoms with E-state index in [9.17, 15) is 14.4 Å². The zero-order valence-corrected chi connectivity index (χ0v) is 18.2. The van der Waals surface area contributed by atoms with Crippen LogP contribution in [0.1, 0.15) is 49.5 Å². The van der Waals surface area contributed by atoms with Crippen LogP contribution in [-0.2, 0) is 4.74 Å². The average molecular weight is 452 g/mol. The molecule has 0 radical (unpaired) electrons. The Balaban J connectivity index is 1.62. The van der Waals surface area contributed by atoms with Crippen LogP contribution in [0.2, 0.25) is 0 Å². The second-order valence-corrected chi connectivity index (χ2v) is 8.60. The highest BCUT2D eigenvalue weighted by Gasteiger charge is 2.32. The minimum absolute atomic E-state index is 0.00589. The number of pyridine rings is 1. The molecule has 0 bridgehead atoms. The highest BCUT2D eigenvalue weighted by molar-refractivity contribution is 5.98. The lowest BCUT2D eigenvalue weighted by atomic mass is 10.00. The van der Waals surface area contributed by atoms with Crippen LogP contribution in [-0.4, -0.2) is 29.1 Å². The molecule has 3 aromatic rings. The van der Waals surface area contributed by atoms with Crippen LogP contribution in [0, 0.1) is 11.6 Å². The molecule has 1 saturated heterocycles. The van der Waals surface area contributed by atoms with Gasteiger partial charge in [-0.25, -0.2) is 13.6 Å². The van der Waals surface area contributed by atoms with Gasteiger partial charge >= 0.3 is 6.09 Å². The first-order valence-electron chi connectivity index (χ1n) is 11.0. The molecule has 1 aliphatic carbocycles. The quantitative estimate of drug-likeness (QED) is 0.498. The van der Waals surface area contributed by atoms with Crippen molar-refractivity contribution in [2.75, 3.05) is 11.4 Å². The number of cyclic esters (lactones) is 1. The van der Waals surface area contributed by atoms with E-state index in [-0.39, 0.29) is 40.0 Å². The number of fused-ring (bicyclic) bond motifs is 1. The van der Waals surface area contributed by atoms with Gasteiger partial charge in [0.1, 0.15) is 17.7 Å². The molecule has 170 valence electrons. The number of carbonyl (C=O) groups excluding carboxylic acids is 2. The molecule has 1 saturated carbocycles. The molecular weight excluding hydrogens is 430 g/mol. The first kappa shape index (κ1) is 21.3. The van der Waals surface area contributed by atoms with Crippen molar-refractivity contribution in [3.8, 4) is 11.1 Å². The number of hydrogen-bond acceptors (Lipinski definition) is 4. The highest BCUT2D eigenvalue weighted by atomic mass is 19.1. The minimum atomic E-state index is -0.763. The Morgan fingerprint density at radius 2 is 1.82 bits per heavy atom. The van der Waals surface area contributed by atoms with Crippen LogP contribution < -0.4 is 10.3 Å². The van der Waals surface area contributed by atoms with Crippen molar-refractivity contribution in [2.24, 2.45) is 0 Å². The number of amides is 1. The van der Waals surface area contributed by atoms with E-state index in [1.807, 2.05) is 11.5 Å². The topological polar surface area (TPSA) is 68.6 Å². The van der Waals surface area contributed by atoms with Gasteiger partial charge in [0.05, 0.1) is 23.3 Å². The fourth-order valence-corrected chi connectivity index (χ4v) is 4.32. The zero-order chi connectivity index (χ0) is 23.4. The second-order valence-electron chi connectivity index (χ2n) is 8.60. The summed E-state index contributed by atoms with van der Waals surface area (Å²) < 4.78 is 37.3. The standard InChI is InChI=1S/C25H22F2N2O4/c1-3-16-11-29(25(32)33-16)15-6-7-17(21(26)8-15)18-10-23-19(9-22(18)27)24(31)20(13(2)30)12-28(23)14-4-5-14/h6-10,12,14,16H,3-5,11H2,1-2H3. The van der Waals surface area contributed by atoms with Gasteiger partial charge in [-0.05, 0) is 56.5 Å². The molecule has 1 amide bonds. The first-order chi connectivity index (χ1) is 15.8. The van der Waals surface area contributed by atoms with E-state index in [1.54, 1.807) is 6.07 Å². The summed E-state index contributed by atoms with van der Waals surface area (Å²) in [5, 5.41) is 0.0956. The smallest absolute Gasteiger partial charge is 0.414 e. The Bertz CT molecular complexity index is 1380. The number of rotatable bonds is 5. The first-order valence-corrected chi connectivity index (χ1v) is 11.0. The fourth-order valence-electron chi connectivity index (χ4n) is 4.32. The number of benzene rings is 2. The van der Waals surface area contributed by atoms with Gasteiger partial charge in [-0.15, -0.1) is 0 Å². The van der Waals surface area contributed by atoms with E-state index < -0.39 is 23.2 Å². The van der Waals surface area contributed by atoms with Gasteiger partial charge < -0.3 is 9.30 Å². The molecule has 6 nitrogen and oxygen atoms in total. The van der Waals surface area contributed by atoms with Gasteiger partial charge in [-0.2, -0.15) is 0 Å². The highest BCUT2D eigenvalue weighted by Crippen LogP contribution is 2.39. The molecule has 8 heteroatoms. The Kier molecular flexibility index (Phi) is 5.03. The Hall–Kier alpha value is -3.55. The molecule has 2 heterocycles. The summed E-state index contributed by atoms with van der Waals surface area (Å²) in [6, 6.07) is 6.81. The fraction of sp³-hybridized carbons (Fsp3) is 0.320. The van der Waals surface area contributed by atoms with Crippen molar-refractivity contribution >= 4 is 28.5 Å². The van der Waals surface area contributed by atoms with E-state index in [0.717, 1.165) is 18.9 Å². The van der Waals surface area contributed by atoms with E-state index in [1.165, 1.54) is 36.2 Å². The second kappa shape index (κ2) is 7.79. The van der Waals surface area contributed by atoms with E-state index >= 15 is 8.78 Å². The van der Waals surface area contributed by atoms with Gasteiger partial charge in [-0.1, -0.05) is 6.92 Å². The summed E-state index contributed by atoms with van der Waals surface area (Å²) >= 11 is 0. The number of halogens is 2. The predicted octanol–water partition coefficient (Wildman–Crippen LogP) is 5.22. The van der Waals surface area contributed by atoms with Gasteiger partial charge in [-0.3, -0.25) is 14.5 Å². The van der Waals surface area contributed by atoms with Crippen LogP contribution >= 0.6 is 0 Å². The van der Waals surface area contributed by atoms with Crippen molar-refractivity contribution in [2.45, 2.75) is 45.3 Å². The van der Waals surface area contributed by atoms with Crippen LogP contribution in [0.3, 0.4) is 0 Å². The van der Waals surface area contributed by atoms with Crippen LogP contribution in [0.5, 0.6) is 0 Å². The Morgan fingerprint density at radius 3 is 2.42 bits per heavy atom. The third-order valence-electron chi connectivity index (χ3n) is 6.32. The molecule has 1 aromatic heterocycles. The molecular formula is C25H22F2N2O4. The number of aromatic nitrogens is 1. The normalized spacial score (nSPS) is 18.1. The lowest BCUT2D eigenvalue weighted by Gasteiger charge is -2.16. The summed E-state index contributed by atoms with van der Waals surface area (Å²) in [7, 11) is 0. The largest absolute Gasteiger partial charge is 0.444 e. The maximum atomic E-state index is 15.1. The van der Waals surface area contributed by atoms with Crippen molar-refractivity contribution in [3.63, 3.8) is 0 Å². The summed E-state index contributed by atoms with van der Waals surface area (Å²) in [6.45, 7) is 3.53. The number of nitrogens with zero attached hydrogens (tertiary/aromatic N) is 2. The van der Waals surface area contributed by atoms with Crippen LogP contribution in [0.4, 0.5) is 19.3 Å². The number of ketones is 1. The molecule has 0 N–H and O–H groups in total. The number of ether oxygens (including phenoxy) is 1. The molecule has 2 fully saturated rings. The molecule has 5 rings (SSSR count). The maximum absolute atomic E-state index is 15.1. The summed E-state index contributed by atoms with van der Waals surface area (Å²) in [5.74, 6) is -1.84. The number of hydrogen-bond donors (Lipinski definition) is 0. The molecule has 33 heavy (non-hydrogen) atoms. The molecule has 1 unspecified atom stereocenters. The lowest BCUT2D eigenvalue weighted by Crippen LogP contribution is -2.24. The third kappa shape index (κ3) is 3.59. The maximum Gasteiger partial charge on any atom is 0.414 e. The molecule has 1 atom stereocenters. The molecule has 1 aliphatic heterocycles. The number of anilines is 1. The number of carbonyl (C=O) groups is 2. The van der Waals surface area contributed by atoms with Gasteiger partial charge in [0.2, 0.25) is 0 Å². The van der Waals surface area contributed by atoms with Crippen molar-refractivity contribution in [1.82, 2.24) is 4.57 Å². The van der Waals surface area contributed by atoms with E-state index in [4.69, 9.17) is 4.74 Å². The van der Waals surface area contributed by atoms with Crippen molar-refractivity contribution < 1.29 is 23.1 Å². The van der Waals surface area contributed by atoms with Gasteiger partial charge in [0.15, 0.2) is 11.2 Å². The monoisotopic (exact) mass is 452 g/mol. The Labute approximate surface area is 188 Å². The van der Waals surface area contributed by atoms with Crippen molar-refractivity contribution in [1.29, 1.82) is 0 Å². The van der Waals surface area contributed by atoms with E-state index in [2.05, 4.69) is 0 Å².